The van der Waals surface area contributed by atoms with Crippen molar-refractivity contribution in [3.63, 3.8) is 0 Å². The molecule has 0 amide bonds. The third kappa shape index (κ3) is 7.41. The lowest BCUT2D eigenvalue weighted by atomic mass is 9.74. The molecule has 0 radical (unpaired) electrons. The summed E-state index contributed by atoms with van der Waals surface area (Å²) in [6.45, 7) is 5.56. The summed E-state index contributed by atoms with van der Waals surface area (Å²) in [4.78, 5) is 62.4. The quantitative estimate of drug-likeness (QED) is 0.0925. The molecule has 2 fully saturated rings. The molecule has 2 saturated heterocycles. The third-order valence-corrected chi connectivity index (χ3v) is 8.50. The summed E-state index contributed by atoms with van der Waals surface area (Å²) in [7, 11) is 0. The molecule has 14 nitrogen and oxygen atoms in total. The highest BCUT2D eigenvalue weighted by atomic mass is 16.8. The monoisotopic (exact) mass is 650 g/mol. The smallest absolute Gasteiger partial charge is 0.344 e. The Balaban J connectivity index is 1.81. The van der Waals surface area contributed by atoms with Gasteiger partial charge in [0.25, 0.3) is 0 Å². The van der Waals surface area contributed by atoms with Crippen LogP contribution in [0.25, 0.3) is 0 Å². The molecule has 2 aliphatic heterocycles. The van der Waals surface area contributed by atoms with Crippen LogP contribution in [-0.4, -0.2) is 97.3 Å². The van der Waals surface area contributed by atoms with E-state index in [2.05, 4.69) is 0 Å². The lowest BCUT2D eigenvalue weighted by Gasteiger charge is -2.48. The number of hydrogen-bond acceptors (Lipinski definition) is 11. The molecule has 5 N–H and O–H groups in total. The number of hydrogen-bond donors (Lipinski definition) is 5. The molecule has 254 valence electrons. The number of aliphatic carboxylic acids is 3. The number of allylic oxidation sites excluding steroid dienone is 1. The summed E-state index contributed by atoms with van der Waals surface area (Å²) < 4.78 is 21.3. The SMILES string of the molecule is CCC(C)CC(C)/C=C/C(=O)OC1C(O)C2(CCCOC(=O)CCCc3ccccc3)OC(C(=O)O)C(O)(C(=O)O)C1(C(=O)O)O2. The molecular weight excluding hydrogens is 608 g/mol. The Morgan fingerprint density at radius 1 is 1.02 bits per heavy atom. The van der Waals surface area contributed by atoms with Crippen LogP contribution in [0.3, 0.4) is 0 Å². The van der Waals surface area contributed by atoms with Gasteiger partial charge in [-0.25, -0.2) is 19.2 Å². The number of ether oxygens (including phenoxy) is 4. The van der Waals surface area contributed by atoms with E-state index in [0.29, 0.717) is 25.2 Å². The number of carbonyl (C=O) groups excluding carboxylic acids is 2. The zero-order valence-electron chi connectivity index (χ0n) is 26.0. The lowest BCUT2D eigenvalue weighted by Crippen LogP contribution is -2.78. The van der Waals surface area contributed by atoms with Crippen LogP contribution >= 0.6 is 0 Å². The molecule has 2 bridgehead atoms. The van der Waals surface area contributed by atoms with Crippen LogP contribution in [0.15, 0.2) is 42.5 Å². The fourth-order valence-electron chi connectivity index (χ4n) is 5.89. The molecule has 2 aliphatic rings. The molecule has 0 spiro atoms. The second-order valence-electron chi connectivity index (χ2n) is 11.9. The number of rotatable bonds is 17. The number of aryl methyl sites for hydroxylation is 1. The van der Waals surface area contributed by atoms with Crippen molar-refractivity contribution in [2.75, 3.05) is 6.61 Å². The van der Waals surface area contributed by atoms with Crippen LogP contribution in [0.5, 0.6) is 0 Å². The van der Waals surface area contributed by atoms with Crippen LogP contribution in [0.1, 0.15) is 64.9 Å². The molecule has 1 aromatic rings. The van der Waals surface area contributed by atoms with Gasteiger partial charge in [-0.2, -0.15) is 0 Å². The standard InChI is InChI=1S/C32H42O14/c1-4-19(2)18-20(3)14-15-23(34)44-25-24(35)30(16-9-17-43-22(33)13-8-12-21-10-6-5-7-11-21)45-26(27(36)37)31(42,28(38)39)32(25,46-30)29(40)41/h5-7,10-11,14-15,19-20,24-26,35,42H,4,8-9,12-13,16-18H2,1-3H3,(H,36,37)(H,38,39)(H,40,41)/b15-14+. The molecule has 3 rings (SSSR count). The van der Waals surface area contributed by atoms with E-state index in [0.717, 1.165) is 18.1 Å². The van der Waals surface area contributed by atoms with Crippen LogP contribution < -0.4 is 0 Å². The minimum atomic E-state index is -3.87. The molecule has 14 heteroatoms. The van der Waals surface area contributed by atoms with E-state index in [-0.39, 0.29) is 25.4 Å². The number of benzene rings is 1. The fourth-order valence-corrected chi connectivity index (χ4v) is 5.89. The van der Waals surface area contributed by atoms with Gasteiger partial charge in [-0.05, 0) is 43.1 Å². The van der Waals surface area contributed by atoms with Crippen LogP contribution in [-0.2, 0) is 49.3 Å². The molecule has 8 atom stereocenters. The third-order valence-electron chi connectivity index (χ3n) is 8.50. The number of aliphatic hydroxyl groups is 2. The highest BCUT2D eigenvalue weighted by Gasteiger charge is 2.85. The number of aliphatic hydroxyl groups excluding tert-OH is 1. The van der Waals surface area contributed by atoms with E-state index in [9.17, 15) is 49.5 Å². The first kappa shape index (κ1) is 36.6. The van der Waals surface area contributed by atoms with Gasteiger partial charge in [0, 0.05) is 18.9 Å². The Labute approximate surface area is 265 Å². The highest BCUT2D eigenvalue weighted by molar-refractivity contribution is 5.98. The molecule has 46 heavy (non-hydrogen) atoms. The zero-order chi connectivity index (χ0) is 34.3. The van der Waals surface area contributed by atoms with Gasteiger partial charge in [0.2, 0.25) is 23.1 Å². The van der Waals surface area contributed by atoms with E-state index in [1.807, 2.05) is 51.1 Å². The molecule has 1 aromatic carbocycles. The maximum Gasteiger partial charge on any atom is 0.344 e. The van der Waals surface area contributed by atoms with Crippen LogP contribution in [0, 0.1) is 11.8 Å². The summed E-state index contributed by atoms with van der Waals surface area (Å²) in [5, 5.41) is 52.6. The average molecular weight is 651 g/mol. The molecular formula is C32H42O14. The van der Waals surface area contributed by atoms with E-state index in [4.69, 9.17) is 18.9 Å². The van der Waals surface area contributed by atoms with E-state index >= 15 is 0 Å². The number of carbonyl (C=O) groups is 5. The topological polar surface area (TPSA) is 223 Å². The zero-order valence-corrected chi connectivity index (χ0v) is 26.0. The number of esters is 2. The van der Waals surface area contributed by atoms with E-state index in [1.165, 1.54) is 6.08 Å². The first-order valence-electron chi connectivity index (χ1n) is 15.2. The molecule has 8 unspecified atom stereocenters. The van der Waals surface area contributed by atoms with Gasteiger partial charge >= 0.3 is 29.8 Å². The van der Waals surface area contributed by atoms with Gasteiger partial charge in [-0.1, -0.05) is 63.6 Å². The first-order valence-corrected chi connectivity index (χ1v) is 15.2. The Kier molecular flexibility index (Phi) is 12.1. The van der Waals surface area contributed by atoms with Gasteiger partial charge in [0.1, 0.15) is 6.10 Å². The number of fused-ring (bicyclic) bond motifs is 2. The Morgan fingerprint density at radius 2 is 1.70 bits per heavy atom. The first-order chi connectivity index (χ1) is 21.6. The van der Waals surface area contributed by atoms with Crippen LogP contribution in [0.4, 0.5) is 0 Å². The van der Waals surface area contributed by atoms with Crippen molar-refractivity contribution in [1.29, 1.82) is 0 Å². The minimum Gasteiger partial charge on any atom is -0.479 e. The van der Waals surface area contributed by atoms with Crippen molar-refractivity contribution in [2.24, 2.45) is 11.8 Å². The van der Waals surface area contributed by atoms with Crippen LogP contribution in [0.2, 0.25) is 0 Å². The Hall–Kier alpha value is -3.85. The molecule has 2 heterocycles. The van der Waals surface area contributed by atoms with Crippen molar-refractivity contribution in [1.82, 2.24) is 0 Å². The van der Waals surface area contributed by atoms with Gasteiger partial charge < -0.3 is 44.5 Å². The molecule has 0 saturated carbocycles. The van der Waals surface area contributed by atoms with Crippen molar-refractivity contribution >= 4 is 29.8 Å². The summed E-state index contributed by atoms with van der Waals surface area (Å²) in [6, 6.07) is 9.47. The fraction of sp³-hybridized carbons (Fsp3) is 0.594. The predicted molar refractivity (Wildman–Crippen MR) is 157 cm³/mol. The van der Waals surface area contributed by atoms with Gasteiger partial charge in [-0.3, -0.25) is 4.79 Å². The molecule has 0 aliphatic carbocycles. The van der Waals surface area contributed by atoms with Crippen molar-refractivity contribution in [2.45, 2.75) is 101 Å². The summed E-state index contributed by atoms with van der Waals surface area (Å²) in [5.74, 6) is -10.8. The van der Waals surface area contributed by atoms with E-state index < -0.39 is 71.6 Å². The molecule has 0 aromatic heterocycles. The Bertz CT molecular complexity index is 1300. The van der Waals surface area contributed by atoms with Gasteiger partial charge in [0.05, 0.1) is 6.61 Å². The average Bonchev–Trinajstić information content (AvgIpc) is 3.22. The van der Waals surface area contributed by atoms with Crippen molar-refractivity contribution in [3.8, 4) is 0 Å². The maximum absolute atomic E-state index is 12.9. The summed E-state index contributed by atoms with van der Waals surface area (Å²) >= 11 is 0. The normalized spacial score (nSPS) is 30.0. The maximum atomic E-state index is 12.9. The number of carboxylic acid groups (broad SMARTS) is 3. The largest absolute Gasteiger partial charge is 0.479 e. The van der Waals surface area contributed by atoms with Crippen molar-refractivity contribution in [3.05, 3.63) is 48.0 Å². The summed E-state index contributed by atoms with van der Waals surface area (Å²) in [5.41, 5.74) is -6.34. The second-order valence-corrected chi connectivity index (χ2v) is 11.9. The predicted octanol–water partition coefficient (Wildman–Crippen LogP) is 2.08. The summed E-state index contributed by atoms with van der Waals surface area (Å²) in [6.07, 6.45) is -2.91. The Morgan fingerprint density at radius 3 is 2.28 bits per heavy atom. The lowest BCUT2D eigenvalue weighted by molar-refractivity contribution is -0.374. The van der Waals surface area contributed by atoms with Gasteiger partial charge in [0.15, 0.2) is 6.10 Å². The number of carboxylic acids is 3. The minimum absolute atomic E-state index is 0.0893. The highest BCUT2D eigenvalue weighted by Crippen LogP contribution is 2.55. The van der Waals surface area contributed by atoms with Gasteiger partial charge in [-0.15, -0.1) is 0 Å². The second kappa shape index (κ2) is 15.2. The van der Waals surface area contributed by atoms with Crippen molar-refractivity contribution < 1.29 is 68.5 Å². The van der Waals surface area contributed by atoms with E-state index in [1.54, 1.807) is 0 Å².